The van der Waals surface area contributed by atoms with Crippen molar-refractivity contribution >= 4 is 17.6 Å². The maximum Gasteiger partial charge on any atom is 0.310 e. The molecule has 0 amide bonds. The van der Waals surface area contributed by atoms with Crippen molar-refractivity contribution in [3.63, 3.8) is 0 Å². The third-order valence-electron chi connectivity index (χ3n) is 3.87. The normalized spacial score (nSPS) is 21.3. The summed E-state index contributed by atoms with van der Waals surface area (Å²) in [5.41, 5.74) is 1.06. The van der Waals surface area contributed by atoms with Gasteiger partial charge in [0.2, 0.25) is 0 Å². The molecular weight excluding hydrogens is 294 g/mol. The maximum absolute atomic E-state index is 11.6. The Morgan fingerprint density at radius 2 is 2.24 bits per heavy atom. The van der Waals surface area contributed by atoms with Crippen LogP contribution in [0.5, 0.6) is 11.5 Å². The van der Waals surface area contributed by atoms with Crippen molar-refractivity contribution in [1.29, 1.82) is 0 Å². The van der Waals surface area contributed by atoms with E-state index in [1.807, 2.05) is 12.1 Å². The number of benzene rings is 1. The number of rotatable bonds is 3. The first-order chi connectivity index (χ1) is 10.2. The van der Waals surface area contributed by atoms with Crippen LogP contribution < -0.4 is 9.47 Å². The fraction of sp³-hybridized carbons (Fsp3) is 0.533. The molecule has 0 aliphatic carbocycles. The van der Waals surface area contributed by atoms with Gasteiger partial charge < -0.3 is 14.2 Å². The number of fused-ring (bicyclic) bond motifs is 1. The molecule has 2 aliphatic rings. The molecule has 3 rings (SSSR count). The van der Waals surface area contributed by atoms with E-state index in [-0.39, 0.29) is 11.9 Å². The number of nitrogens with zero attached hydrogens (tertiary/aromatic N) is 1. The molecule has 1 fully saturated rings. The molecule has 1 atom stereocenters. The largest absolute Gasteiger partial charge is 0.486 e. The lowest BCUT2D eigenvalue weighted by Gasteiger charge is -2.22. The van der Waals surface area contributed by atoms with Gasteiger partial charge in [-0.3, -0.25) is 9.69 Å². The predicted molar refractivity (Wildman–Crippen MR) is 77.8 cm³/mol. The van der Waals surface area contributed by atoms with E-state index >= 15 is 0 Å². The lowest BCUT2D eigenvalue weighted by molar-refractivity contribution is -0.144. The molecule has 6 heteroatoms. The van der Waals surface area contributed by atoms with E-state index in [1.165, 1.54) is 7.11 Å². The number of carbonyl (C=O) groups excluding carboxylic acids is 1. The Morgan fingerprint density at radius 3 is 3.05 bits per heavy atom. The van der Waals surface area contributed by atoms with Crippen molar-refractivity contribution in [2.75, 3.05) is 33.4 Å². The van der Waals surface area contributed by atoms with E-state index in [1.54, 1.807) is 0 Å². The van der Waals surface area contributed by atoms with Crippen LogP contribution in [-0.4, -0.2) is 44.3 Å². The highest BCUT2D eigenvalue weighted by atomic mass is 35.5. The number of halogens is 1. The number of ether oxygens (including phenoxy) is 3. The van der Waals surface area contributed by atoms with Crippen LogP contribution in [0.4, 0.5) is 0 Å². The fourth-order valence-electron chi connectivity index (χ4n) is 2.85. The molecule has 0 saturated carbocycles. The maximum atomic E-state index is 11.6. The van der Waals surface area contributed by atoms with Gasteiger partial charge in [0.1, 0.15) is 13.2 Å². The Morgan fingerprint density at radius 1 is 1.43 bits per heavy atom. The SMILES string of the molecule is COC(=O)C1CCN(Cc2cc(Cl)c3c(c2)OCCO3)C1. The second-order valence-electron chi connectivity index (χ2n) is 5.35. The van der Waals surface area contributed by atoms with E-state index < -0.39 is 0 Å². The molecule has 1 aromatic carbocycles. The van der Waals surface area contributed by atoms with Crippen LogP contribution in [0.15, 0.2) is 12.1 Å². The molecule has 0 N–H and O–H groups in total. The summed E-state index contributed by atoms with van der Waals surface area (Å²) in [6.45, 7) is 3.41. The predicted octanol–water partition coefficient (Wildman–Crippen LogP) is 2.11. The molecule has 1 unspecified atom stereocenters. The van der Waals surface area contributed by atoms with Crippen LogP contribution in [-0.2, 0) is 16.1 Å². The van der Waals surface area contributed by atoms with Crippen LogP contribution in [0, 0.1) is 5.92 Å². The van der Waals surface area contributed by atoms with Crippen LogP contribution in [0.1, 0.15) is 12.0 Å². The minimum atomic E-state index is -0.127. The van der Waals surface area contributed by atoms with Crippen molar-refractivity contribution in [3.8, 4) is 11.5 Å². The summed E-state index contributed by atoms with van der Waals surface area (Å²) < 4.78 is 15.9. The Balaban J connectivity index is 1.69. The minimum Gasteiger partial charge on any atom is -0.486 e. The first-order valence-electron chi connectivity index (χ1n) is 7.05. The quantitative estimate of drug-likeness (QED) is 0.800. The zero-order chi connectivity index (χ0) is 14.8. The zero-order valence-electron chi connectivity index (χ0n) is 11.9. The van der Waals surface area contributed by atoms with Gasteiger partial charge in [-0.05, 0) is 30.7 Å². The topological polar surface area (TPSA) is 48.0 Å². The number of carbonyl (C=O) groups is 1. The lowest BCUT2D eigenvalue weighted by atomic mass is 10.1. The number of methoxy groups -OCH3 is 1. The Hall–Kier alpha value is -1.46. The van der Waals surface area contributed by atoms with Gasteiger partial charge >= 0.3 is 5.97 Å². The molecular formula is C15H18ClNO4. The van der Waals surface area contributed by atoms with Crippen LogP contribution in [0.25, 0.3) is 0 Å². The first kappa shape index (κ1) is 14.5. The molecule has 114 valence electrons. The average Bonchev–Trinajstić information content (AvgIpc) is 2.95. The van der Waals surface area contributed by atoms with Crippen LogP contribution in [0.3, 0.4) is 0 Å². The van der Waals surface area contributed by atoms with E-state index in [9.17, 15) is 4.79 Å². The molecule has 5 nitrogen and oxygen atoms in total. The summed E-state index contributed by atoms with van der Waals surface area (Å²) in [6, 6.07) is 3.87. The molecule has 1 saturated heterocycles. The summed E-state index contributed by atoms with van der Waals surface area (Å²) in [6.07, 6.45) is 0.838. The van der Waals surface area contributed by atoms with E-state index in [2.05, 4.69) is 4.90 Å². The molecule has 21 heavy (non-hydrogen) atoms. The Kier molecular flexibility index (Phi) is 4.22. The Labute approximate surface area is 128 Å². The van der Waals surface area contributed by atoms with Gasteiger partial charge in [0.05, 0.1) is 18.1 Å². The fourth-order valence-corrected chi connectivity index (χ4v) is 3.14. The first-order valence-corrected chi connectivity index (χ1v) is 7.43. The van der Waals surface area contributed by atoms with Gasteiger partial charge in [0.25, 0.3) is 0 Å². The monoisotopic (exact) mass is 311 g/mol. The van der Waals surface area contributed by atoms with Crippen molar-refractivity contribution < 1.29 is 19.0 Å². The second kappa shape index (κ2) is 6.12. The number of esters is 1. The highest BCUT2D eigenvalue weighted by molar-refractivity contribution is 6.32. The standard InChI is InChI=1S/C15H18ClNO4/c1-19-15(18)11-2-3-17(9-11)8-10-6-12(16)14-13(7-10)20-4-5-21-14/h6-7,11H,2-5,8-9H2,1H3. The summed E-state index contributed by atoms with van der Waals surface area (Å²) in [7, 11) is 1.44. The summed E-state index contributed by atoms with van der Waals surface area (Å²) in [5.74, 6) is 1.17. The van der Waals surface area contributed by atoms with E-state index in [4.69, 9.17) is 25.8 Å². The number of hydrogen-bond donors (Lipinski definition) is 0. The molecule has 2 heterocycles. The van der Waals surface area contributed by atoms with E-state index in [0.717, 1.165) is 31.6 Å². The lowest BCUT2D eigenvalue weighted by Crippen LogP contribution is -2.24. The molecule has 1 aromatic rings. The highest BCUT2D eigenvalue weighted by Gasteiger charge is 2.29. The van der Waals surface area contributed by atoms with E-state index in [0.29, 0.717) is 29.7 Å². The van der Waals surface area contributed by atoms with Gasteiger partial charge in [-0.15, -0.1) is 0 Å². The third kappa shape index (κ3) is 3.09. The third-order valence-corrected chi connectivity index (χ3v) is 4.15. The molecule has 0 radical (unpaired) electrons. The van der Waals surface area contributed by atoms with Crippen LogP contribution in [0.2, 0.25) is 5.02 Å². The second-order valence-corrected chi connectivity index (χ2v) is 5.75. The highest BCUT2D eigenvalue weighted by Crippen LogP contribution is 2.38. The zero-order valence-corrected chi connectivity index (χ0v) is 12.7. The summed E-state index contributed by atoms with van der Waals surface area (Å²) in [4.78, 5) is 13.8. The summed E-state index contributed by atoms with van der Waals surface area (Å²) in [5, 5.41) is 0.575. The molecule has 2 aliphatic heterocycles. The van der Waals surface area contributed by atoms with Gasteiger partial charge in [-0.1, -0.05) is 11.6 Å². The van der Waals surface area contributed by atoms with Crippen molar-refractivity contribution in [3.05, 3.63) is 22.7 Å². The van der Waals surface area contributed by atoms with Gasteiger partial charge in [0, 0.05) is 13.1 Å². The molecule has 0 bridgehead atoms. The van der Waals surface area contributed by atoms with Gasteiger partial charge in [-0.2, -0.15) is 0 Å². The van der Waals surface area contributed by atoms with Crippen molar-refractivity contribution in [2.24, 2.45) is 5.92 Å². The number of likely N-dealkylation sites (tertiary alicyclic amines) is 1. The van der Waals surface area contributed by atoms with Crippen LogP contribution >= 0.6 is 11.6 Å². The van der Waals surface area contributed by atoms with Crippen molar-refractivity contribution in [1.82, 2.24) is 4.90 Å². The minimum absolute atomic E-state index is 0.0253. The smallest absolute Gasteiger partial charge is 0.310 e. The molecule has 0 spiro atoms. The Bertz CT molecular complexity index is 549. The average molecular weight is 312 g/mol. The van der Waals surface area contributed by atoms with Crippen molar-refractivity contribution in [2.45, 2.75) is 13.0 Å². The van der Waals surface area contributed by atoms with Gasteiger partial charge in [0.15, 0.2) is 11.5 Å². The number of hydrogen-bond acceptors (Lipinski definition) is 5. The summed E-state index contributed by atoms with van der Waals surface area (Å²) >= 11 is 6.24. The van der Waals surface area contributed by atoms with Gasteiger partial charge in [-0.25, -0.2) is 0 Å². The molecule has 0 aromatic heterocycles.